The van der Waals surface area contributed by atoms with E-state index in [2.05, 4.69) is 31.0 Å². The van der Waals surface area contributed by atoms with Gasteiger partial charge in [-0.3, -0.25) is 4.98 Å². The molecular weight excluding hydrogens is 362 g/mol. The lowest BCUT2D eigenvalue weighted by Gasteiger charge is -2.09. The smallest absolute Gasteiger partial charge is 0.242 e. The SMILES string of the molecule is CNCc1ccc(Br)c(S(=O)(=O)NCc2cncs2)c1. The molecular formula is C12H14BrN3O2S2. The molecule has 2 aromatic rings. The van der Waals surface area contributed by atoms with Gasteiger partial charge in [-0.25, -0.2) is 13.1 Å². The molecule has 1 heterocycles. The second-order valence-corrected chi connectivity index (χ2v) is 7.65. The van der Waals surface area contributed by atoms with Crippen molar-refractivity contribution < 1.29 is 8.42 Å². The minimum absolute atomic E-state index is 0.245. The number of hydrogen-bond donors (Lipinski definition) is 2. The van der Waals surface area contributed by atoms with Crippen LogP contribution in [0.15, 0.2) is 39.3 Å². The molecule has 2 N–H and O–H groups in total. The van der Waals surface area contributed by atoms with Crippen LogP contribution in [0.1, 0.15) is 10.4 Å². The first-order valence-electron chi connectivity index (χ1n) is 5.83. The summed E-state index contributed by atoms with van der Waals surface area (Å²) in [7, 11) is -1.74. The zero-order valence-electron chi connectivity index (χ0n) is 10.8. The Hall–Kier alpha value is -0.800. The van der Waals surface area contributed by atoms with Crippen molar-refractivity contribution in [3.63, 3.8) is 0 Å². The van der Waals surface area contributed by atoms with Crippen LogP contribution in [0.25, 0.3) is 0 Å². The van der Waals surface area contributed by atoms with E-state index in [4.69, 9.17) is 0 Å². The van der Waals surface area contributed by atoms with Crippen LogP contribution in [0.2, 0.25) is 0 Å². The van der Waals surface area contributed by atoms with E-state index in [1.165, 1.54) is 11.3 Å². The lowest BCUT2D eigenvalue weighted by atomic mass is 10.2. The van der Waals surface area contributed by atoms with E-state index in [0.717, 1.165) is 10.4 Å². The van der Waals surface area contributed by atoms with Gasteiger partial charge in [0, 0.05) is 28.6 Å². The van der Waals surface area contributed by atoms with Gasteiger partial charge in [0.05, 0.1) is 10.4 Å². The minimum Gasteiger partial charge on any atom is -0.316 e. The molecule has 0 aliphatic carbocycles. The molecule has 8 heteroatoms. The van der Waals surface area contributed by atoms with E-state index in [-0.39, 0.29) is 11.4 Å². The Morgan fingerprint density at radius 1 is 1.35 bits per heavy atom. The van der Waals surface area contributed by atoms with Gasteiger partial charge in [-0.2, -0.15) is 0 Å². The first-order chi connectivity index (χ1) is 9.53. The molecule has 0 fully saturated rings. The van der Waals surface area contributed by atoms with Crippen LogP contribution in [-0.4, -0.2) is 20.4 Å². The molecule has 1 aromatic carbocycles. The summed E-state index contributed by atoms with van der Waals surface area (Å²) >= 11 is 4.70. The maximum absolute atomic E-state index is 12.3. The second-order valence-electron chi connectivity index (χ2n) is 4.09. The average Bonchev–Trinajstić information content (AvgIpc) is 2.92. The maximum Gasteiger partial charge on any atom is 0.242 e. The van der Waals surface area contributed by atoms with Gasteiger partial charge in [0.2, 0.25) is 10.0 Å². The summed E-state index contributed by atoms with van der Waals surface area (Å²) in [6.07, 6.45) is 1.65. The molecule has 0 aliphatic rings. The zero-order valence-corrected chi connectivity index (χ0v) is 14.0. The molecule has 108 valence electrons. The molecule has 0 aliphatic heterocycles. The third kappa shape index (κ3) is 3.86. The Kier molecular flexibility index (Phi) is 5.28. The monoisotopic (exact) mass is 375 g/mol. The number of nitrogens with one attached hydrogen (secondary N) is 2. The zero-order chi connectivity index (χ0) is 14.6. The van der Waals surface area contributed by atoms with Gasteiger partial charge in [-0.05, 0) is 40.7 Å². The first-order valence-corrected chi connectivity index (χ1v) is 8.98. The molecule has 0 bridgehead atoms. The first kappa shape index (κ1) is 15.6. The molecule has 20 heavy (non-hydrogen) atoms. The highest BCUT2D eigenvalue weighted by atomic mass is 79.9. The number of sulfonamides is 1. The molecule has 0 saturated carbocycles. The molecule has 0 radical (unpaired) electrons. The lowest BCUT2D eigenvalue weighted by molar-refractivity contribution is 0.581. The third-order valence-electron chi connectivity index (χ3n) is 2.59. The van der Waals surface area contributed by atoms with Gasteiger partial charge in [0.25, 0.3) is 0 Å². The number of aromatic nitrogens is 1. The normalized spacial score (nSPS) is 11.7. The topological polar surface area (TPSA) is 71.1 Å². The van der Waals surface area contributed by atoms with E-state index in [1.807, 2.05) is 13.1 Å². The lowest BCUT2D eigenvalue weighted by Crippen LogP contribution is -2.23. The van der Waals surface area contributed by atoms with E-state index in [1.54, 1.807) is 23.8 Å². The molecule has 0 atom stereocenters. The molecule has 1 aromatic heterocycles. The molecule has 5 nitrogen and oxygen atoms in total. The van der Waals surface area contributed by atoms with E-state index < -0.39 is 10.0 Å². The Balaban J connectivity index is 2.21. The van der Waals surface area contributed by atoms with Crippen molar-refractivity contribution in [2.45, 2.75) is 18.0 Å². The highest BCUT2D eigenvalue weighted by Gasteiger charge is 2.18. The standard InChI is InChI=1S/C12H14BrN3O2S2/c1-14-5-9-2-3-11(13)12(4-9)20(17,18)16-7-10-6-15-8-19-10/h2-4,6,8,14,16H,5,7H2,1H3. The van der Waals surface area contributed by atoms with Crippen molar-refractivity contribution in [1.82, 2.24) is 15.0 Å². The van der Waals surface area contributed by atoms with E-state index >= 15 is 0 Å². The van der Waals surface area contributed by atoms with Crippen LogP contribution in [0.4, 0.5) is 0 Å². The minimum atomic E-state index is -3.55. The van der Waals surface area contributed by atoms with Gasteiger partial charge in [-0.1, -0.05) is 6.07 Å². The number of thiazole rings is 1. The summed E-state index contributed by atoms with van der Waals surface area (Å²) in [5.41, 5.74) is 2.58. The van der Waals surface area contributed by atoms with Gasteiger partial charge >= 0.3 is 0 Å². The van der Waals surface area contributed by atoms with Gasteiger partial charge in [-0.15, -0.1) is 11.3 Å². The third-order valence-corrected chi connectivity index (χ3v) is 5.76. The molecule has 0 spiro atoms. The van der Waals surface area contributed by atoms with Crippen LogP contribution < -0.4 is 10.0 Å². The predicted octanol–water partition coefficient (Wildman–Crippen LogP) is 2.10. The number of benzene rings is 1. The molecule has 0 saturated heterocycles. The highest BCUT2D eigenvalue weighted by molar-refractivity contribution is 9.10. The Labute approximate surface area is 130 Å². The van der Waals surface area contributed by atoms with Crippen LogP contribution in [0.5, 0.6) is 0 Å². The van der Waals surface area contributed by atoms with Crippen molar-refractivity contribution >= 4 is 37.3 Å². The molecule has 2 rings (SSSR count). The number of rotatable bonds is 6. The van der Waals surface area contributed by atoms with Crippen LogP contribution in [0.3, 0.4) is 0 Å². The van der Waals surface area contributed by atoms with Crippen molar-refractivity contribution in [3.8, 4) is 0 Å². The summed E-state index contributed by atoms with van der Waals surface area (Å²) in [5.74, 6) is 0. The highest BCUT2D eigenvalue weighted by Crippen LogP contribution is 2.23. The van der Waals surface area contributed by atoms with E-state index in [0.29, 0.717) is 11.0 Å². The predicted molar refractivity (Wildman–Crippen MR) is 83.0 cm³/mol. The summed E-state index contributed by atoms with van der Waals surface area (Å²) in [6.45, 7) is 0.861. The summed E-state index contributed by atoms with van der Waals surface area (Å²) in [4.78, 5) is 5.03. The van der Waals surface area contributed by atoms with Crippen molar-refractivity contribution in [3.05, 3.63) is 44.8 Å². The molecule has 0 amide bonds. The van der Waals surface area contributed by atoms with Crippen molar-refractivity contribution in [1.29, 1.82) is 0 Å². The van der Waals surface area contributed by atoms with Crippen molar-refractivity contribution in [2.75, 3.05) is 7.05 Å². The van der Waals surface area contributed by atoms with Gasteiger partial charge in [0.15, 0.2) is 0 Å². The average molecular weight is 376 g/mol. The quantitative estimate of drug-likeness (QED) is 0.810. The summed E-state index contributed by atoms with van der Waals surface area (Å²) < 4.78 is 27.8. The van der Waals surface area contributed by atoms with Gasteiger partial charge in [0.1, 0.15) is 0 Å². The Morgan fingerprint density at radius 2 is 2.15 bits per heavy atom. The van der Waals surface area contributed by atoms with Crippen LogP contribution in [0, 0.1) is 0 Å². The van der Waals surface area contributed by atoms with E-state index in [9.17, 15) is 8.42 Å². The fourth-order valence-corrected chi connectivity index (χ4v) is 4.29. The maximum atomic E-state index is 12.3. The van der Waals surface area contributed by atoms with Crippen molar-refractivity contribution in [2.24, 2.45) is 0 Å². The fourth-order valence-electron chi connectivity index (χ4n) is 1.64. The Bertz CT molecular complexity index is 672. The summed E-state index contributed by atoms with van der Waals surface area (Å²) in [6, 6.07) is 5.28. The second kappa shape index (κ2) is 6.77. The number of nitrogens with zero attached hydrogens (tertiary/aromatic N) is 1. The number of hydrogen-bond acceptors (Lipinski definition) is 5. The summed E-state index contributed by atoms with van der Waals surface area (Å²) in [5, 5.41) is 3.00. The number of halogens is 1. The van der Waals surface area contributed by atoms with Crippen LogP contribution in [-0.2, 0) is 23.1 Å². The van der Waals surface area contributed by atoms with Crippen LogP contribution >= 0.6 is 27.3 Å². The Morgan fingerprint density at radius 3 is 2.80 bits per heavy atom. The largest absolute Gasteiger partial charge is 0.316 e. The van der Waals surface area contributed by atoms with Gasteiger partial charge < -0.3 is 5.32 Å². The fraction of sp³-hybridized carbons (Fsp3) is 0.250. The molecule has 0 unspecified atom stereocenters.